The molecule has 0 spiro atoms. The summed E-state index contributed by atoms with van der Waals surface area (Å²) >= 11 is 0. The maximum absolute atomic E-state index is 11.8. The normalized spacial score (nSPS) is 24.4. The summed E-state index contributed by atoms with van der Waals surface area (Å²) < 4.78 is 25.0. The molecule has 0 radical (unpaired) electrons. The van der Waals surface area contributed by atoms with Crippen LogP contribution in [0.4, 0.5) is 5.69 Å². The van der Waals surface area contributed by atoms with Gasteiger partial charge in [-0.05, 0) is 25.0 Å². The number of para-hydroxylation sites is 1. The zero-order valence-corrected chi connectivity index (χ0v) is 9.08. The SMILES string of the molecule is CC1Cc2ccccc2N(C)S1(=O)=O. The molecule has 4 heteroatoms. The number of benzene rings is 1. The largest absolute Gasteiger partial charge is 0.273 e. The quantitative estimate of drug-likeness (QED) is 0.650. The molecule has 1 atom stereocenters. The lowest BCUT2D eigenvalue weighted by atomic mass is 10.1. The van der Waals surface area contributed by atoms with E-state index in [4.69, 9.17) is 0 Å². The van der Waals surface area contributed by atoms with Crippen LogP contribution in [0, 0.1) is 0 Å². The van der Waals surface area contributed by atoms with E-state index in [-0.39, 0.29) is 5.25 Å². The van der Waals surface area contributed by atoms with Gasteiger partial charge >= 0.3 is 0 Å². The van der Waals surface area contributed by atoms with Crippen LogP contribution in [0.1, 0.15) is 12.5 Å². The molecule has 14 heavy (non-hydrogen) atoms. The highest BCUT2D eigenvalue weighted by Gasteiger charge is 2.32. The van der Waals surface area contributed by atoms with Crippen molar-refractivity contribution in [2.75, 3.05) is 11.4 Å². The molecule has 3 nitrogen and oxygen atoms in total. The van der Waals surface area contributed by atoms with Gasteiger partial charge in [-0.1, -0.05) is 18.2 Å². The second-order valence-electron chi connectivity index (χ2n) is 3.66. The lowest BCUT2D eigenvalue weighted by molar-refractivity contribution is 0.577. The van der Waals surface area contributed by atoms with Crippen molar-refractivity contribution in [2.24, 2.45) is 0 Å². The molecule has 0 amide bonds. The maximum Gasteiger partial charge on any atom is 0.237 e. The van der Waals surface area contributed by atoms with Crippen LogP contribution in [0.15, 0.2) is 24.3 Å². The van der Waals surface area contributed by atoms with Crippen LogP contribution >= 0.6 is 0 Å². The van der Waals surface area contributed by atoms with Crippen LogP contribution in [-0.4, -0.2) is 20.7 Å². The summed E-state index contributed by atoms with van der Waals surface area (Å²) in [6.07, 6.45) is 0.614. The van der Waals surface area contributed by atoms with E-state index in [0.29, 0.717) is 6.42 Å². The first-order valence-corrected chi connectivity index (χ1v) is 6.09. The topological polar surface area (TPSA) is 37.4 Å². The van der Waals surface area contributed by atoms with Gasteiger partial charge in [-0.15, -0.1) is 0 Å². The summed E-state index contributed by atoms with van der Waals surface area (Å²) in [6, 6.07) is 7.63. The van der Waals surface area contributed by atoms with E-state index in [9.17, 15) is 8.42 Å². The van der Waals surface area contributed by atoms with Crippen molar-refractivity contribution in [3.8, 4) is 0 Å². The molecular formula is C10H13NO2S. The molecule has 1 aliphatic heterocycles. The molecular weight excluding hydrogens is 198 g/mol. The minimum absolute atomic E-state index is 0.317. The average Bonchev–Trinajstić information content (AvgIpc) is 2.15. The minimum atomic E-state index is -3.12. The molecule has 0 saturated carbocycles. The zero-order valence-electron chi connectivity index (χ0n) is 8.27. The van der Waals surface area contributed by atoms with E-state index in [1.807, 2.05) is 24.3 Å². The Kier molecular flexibility index (Phi) is 2.03. The number of rotatable bonds is 0. The molecule has 0 bridgehead atoms. The molecule has 0 aromatic heterocycles. The number of fused-ring (bicyclic) bond motifs is 1. The van der Waals surface area contributed by atoms with Gasteiger partial charge in [0.2, 0.25) is 10.0 Å². The van der Waals surface area contributed by atoms with E-state index >= 15 is 0 Å². The Hall–Kier alpha value is -1.03. The molecule has 0 N–H and O–H groups in total. The number of hydrogen-bond donors (Lipinski definition) is 0. The Morgan fingerprint density at radius 3 is 2.71 bits per heavy atom. The van der Waals surface area contributed by atoms with Crippen molar-refractivity contribution in [2.45, 2.75) is 18.6 Å². The first-order chi connectivity index (χ1) is 6.53. The Balaban J connectivity index is 2.60. The molecule has 76 valence electrons. The van der Waals surface area contributed by atoms with Gasteiger partial charge in [0.15, 0.2) is 0 Å². The first kappa shape index (κ1) is 9.52. The fourth-order valence-electron chi connectivity index (χ4n) is 1.81. The summed E-state index contributed by atoms with van der Waals surface area (Å²) in [7, 11) is -1.51. The molecule has 1 heterocycles. The van der Waals surface area contributed by atoms with E-state index in [1.165, 1.54) is 4.31 Å². The predicted octanol–water partition coefficient (Wildman–Crippen LogP) is 1.40. The van der Waals surface area contributed by atoms with E-state index in [2.05, 4.69) is 0 Å². The Bertz CT molecular complexity index is 453. The van der Waals surface area contributed by atoms with Crippen molar-refractivity contribution >= 4 is 15.7 Å². The summed E-state index contributed by atoms with van der Waals surface area (Å²) in [5, 5.41) is -0.317. The summed E-state index contributed by atoms with van der Waals surface area (Å²) in [5.74, 6) is 0. The highest BCUT2D eigenvalue weighted by molar-refractivity contribution is 7.93. The lowest BCUT2D eigenvalue weighted by Crippen LogP contribution is -2.40. The fraction of sp³-hybridized carbons (Fsp3) is 0.400. The molecule has 1 aromatic rings. The monoisotopic (exact) mass is 211 g/mol. The van der Waals surface area contributed by atoms with Gasteiger partial charge < -0.3 is 0 Å². The maximum atomic E-state index is 11.8. The van der Waals surface area contributed by atoms with Gasteiger partial charge in [-0.25, -0.2) is 8.42 Å². The van der Waals surface area contributed by atoms with Gasteiger partial charge in [0.25, 0.3) is 0 Å². The number of hydrogen-bond acceptors (Lipinski definition) is 2. The highest BCUT2D eigenvalue weighted by atomic mass is 32.2. The van der Waals surface area contributed by atoms with Gasteiger partial charge in [0.1, 0.15) is 0 Å². The standard InChI is InChI=1S/C10H13NO2S/c1-8-7-9-5-3-4-6-10(9)11(2)14(8,12)13/h3-6,8H,7H2,1-2H3. The average molecular weight is 211 g/mol. The fourth-order valence-corrected chi connectivity index (χ4v) is 3.19. The summed E-state index contributed by atoms with van der Waals surface area (Å²) in [6.45, 7) is 1.75. The van der Waals surface area contributed by atoms with E-state index in [0.717, 1.165) is 11.3 Å². The first-order valence-electron chi connectivity index (χ1n) is 4.59. The van der Waals surface area contributed by atoms with Gasteiger partial charge in [-0.2, -0.15) is 0 Å². The second kappa shape index (κ2) is 2.98. The smallest absolute Gasteiger partial charge is 0.237 e. The van der Waals surface area contributed by atoms with Gasteiger partial charge in [-0.3, -0.25) is 4.31 Å². The highest BCUT2D eigenvalue weighted by Crippen LogP contribution is 2.30. The lowest BCUT2D eigenvalue weighted by Gasteiger charge is -2.31. The third-order valence-corrected chi connectivity index (χ3v) is 4.87. The van der Waals surface area contributed by atoms with Crippen molar-refractivity contribution in [1.82, 2.24) is 0 Å². The molecule has 0 aliphatic carbocycles. The summed E-state index contributed by atoms with van der Waals surface area (Å²) in [5.41, 5.74) is 1.92. The third-order valence-electron chi connectivity index (χ3n) is 2.73. The Morgan fingerprint density at radius 2 is 2.00 bits per heavy atom. The Labute approximate surface area is 84.4 Å². The second-order valence-corrected chi connectivity index (χ2v) is 6.04. The number of sulfonamides is 1. The van der Waals surface area contributed by atoms with Gasteiger partial charge in [0.05, 0.1) is 10.9 Å². The van der Waals surface area contributed by atoms with Crippen LogP contribution in [0.3, 0.4) is 0 Å². The van der Waals surface area contributed by atoms with Crippen molar-refractivity contribution in [3.05, 3.63) is 29.8 Å². The van der Waals surface area contributed by atoms with Crippen molar-refractivity contribution in [3.63, 3.8) is 0 Å². The molecule has 1 aromatic carbocycles. The van der Waals surface area contributed by atoms with Crippen LogP contribution < -0.4 is 4.31 Å². The molecule has 0 saturated heterocycles. The predicted molar refractivity (Wildman–Crippen MR) is 56.9 cm³/mol. The minimum Gasteiger partial charge on any atom is -0.273 e. The summed E-state index contributed by atoms with van der Waals surface area (Å²) in [4.78, 5) is 0. The molecule has 1 aliphatic rings. The Morgan fingerprint density at radius 1 is 1.36 bits per heavy atom. The van der Waals surface area contributed by atoms with Crippen LogP contribution in [0.25, 0.3) is 0 Å². The molecule has 2 rings (SSSR count). The third kappa shape index (κ3) is 1.21. The zero-order chi connectivity index (χ0) is 10.3. The van der Waals surface area contributed by atoms with E-state index < -0.39 is 10.0 Å². The molecule has 1 unspecified atom stereocenters. The molecule has 0 fully saturated rings. The number of nitrogens with zero attached hydrogens (tertiary/aromatic N) is 1. The van der Waals surface area contributed by atoms with Crippen LogP contribution in [-0.2, 0) is 16.4 Å². The van der Waals surface area contributed by atoms with E-state index in [1.54, 1.807) is 14.0 Å². The van der Waals surface area contributed by atoms with Gasteiger partial charge in [0, 0.05) is 7.05 Å². The van der Waals surface area contributed by atoms with Crippen LogP contribution in [0.2, 0.25) is 0 Å². The number of anilines is 1. The van der Waals surface area contributed by atoms with Crippen LogP contribution in [0.5, 0.6) is 0 Å². The van der Waals surface area contributed by atoms with Crippen molar-refractivity contribution < 1.29 is 8.42 Å². The van der Waals surface area contributed by atoms with Crippen molar-refractivity contribution in [1.29, 1.82) is 0 Å².